The summed E-state index contributed by atoms with van der Waals surface area (Å²) in [4.78, 5) is 32.6. The molecule has 2 aromatic carbocycles. The van der Waals surface area contributed by atoms with Crippen molar-refractivity contribution in [3.8, 4) is 0 Å². The molecule has 6 nitrogen and oxygen atoms in total. The van der Waals surface area contributed by atoms with E-state index in [-0.39, 0.29) is 30.9 Å². The molecule has 2 amide bonds. The molecule has 3 aromatic rings. The molecule has 1 N–H and O–H groups in total. The van der Waals surface area contributed by atoms with Crippen molar-refractivity contribution in [2.45, 2.75) is 59.2 Å². The summed E-state index contributed by atoms with van der Waals surface area (Å²) in [5.41, 5.74) is 4.47. The second-order valence-electron chi connectivity index (χ2n) is 8.54. The number of carbonyl (C=O) groups excluding carboxylic acids is 2. The number of fused-ring (bicyclic) bond motifs is 1. The van der Waals surface area contributed by atoms with Gasteiger partial charge >= 0.3 is 0 Å². The van der Waals surface area contributed by atoms with Crippen molar-refractivity contribution >= 4 is 22.8 Å². The fraction of sp³-hybridized carbons (Fsp3) is 0.400. The van der Waals surface area contributed by atoms with Crippen LogP contribution in [0.2, 0.25) is 0 Å². The average Bonchev–Trinajstić information content (AvgIpc) is 3.09. The Balaban J connectivity index is 1.56. The molecule has 1 fully saturated rings. The van der Waals surface area contributed by atoms with Crippen molar-refractivity contribution in [1.29, 1.82) is 0 Å². The number of hydrogen-bond acceptors (Lipinski definition) is 3. The van der Waals surface area contributed by atoms with Gasteiger partial charge in [0.15, 0.2) is 0 Å². The van der Waals surface area contributed by atoms with Gasteiger partial charge in [-0.05, 0) is 63.8 Å². The van der Waals surface area contributed by atoms with Crippen LogP contribution in [-0.4, -0.2) is 38.9 Å². The zero-order valence-corrected chi connectivity index (χ0v) is 18.5. The van der Waals surface area contributed by atoms with E-state index < -0.39 is 0 Å². The zero-order valence-electron chi connectivity index (χ0n) is 18.5. The van der Waals surface area contributed by atoms with E-state index in [2.05, 4.69) is 12.2 Å². The largest absolute Gasteiger partial charge is 0.345 e. The fourth-order valence-electron chi connectivity index (χ4n) is 4.45. The summed E-state index contributed by atoms with van der Waals surface area (Å²) in [5, 5.41) is 2.99. The number of aromatic nitrogens is 2. The Labute approximate surface area is 183 Å². The minimum Gasteiger partial charge on any atom is -0.345 e. The van der Waals surface area contributed by atoms with Crippen LogP contribution in [0.4, 0.5) is 0 Å². The Morgan fingerprint density at radius 2 is 1.94 bits per heavy atom. The smallest absolute Gasteiger partial charge is 0.251 e. The first-order valence-electron chi connectivity index (χ1n) is 11.0. The molecule has 0 spiro atoms. The third-order valence-corrected chi connectivity index (χ3v) is 6.18. The highest BCUT2D eigenvalue weighted by atomic mass is 16.2. The molecule has 0 aliphatic carbocycles. The van der Waals surface area contributed by atoms with Gasteiger partial charge in [-0.25, -0.2) is 4.98 Å². The predicted molar refractivity (Wildman–Crippen MR) is 122 cm³/mol. The Morgan fingerprint density at radius 3 is 2.71 bits per heavy atom. The summed E-state index contributed by atoms with van der Waals surface area (Å²) in [6.07, 6.45) is 3.28. The number of amides is 2. The Hall–Kier alpha value is -3.15. The second-order valence-corrected chi connectivity index (χ2v) is 8.54. The van der Waals surface area contributed by atoms with Crippen LogP contribution in [0.1, 0.15) is 53.5 Å². The van der Waals surface area contributed by atoms with Crippen molar-refractivity contribution < 1.29 is 9.59 Å². The zero-order chi connectivity index (χ0) is 22.0. The van der Waals surface area contributed by atoms with E-state index >= 15 is 0 Å². The van der Waals surface area contributed by atoms with Crippen LogP contribution < -0.4 is 5.32 Å². The van der Waals surface area contributed by atoms with Crippen LogP contribution in [-0.2, 0) is 17.9 Å². The van der Waals surface area contributed by atoms with Crippen LogP contribution in [0.15, 0.2) is 42.5 Å². The van der Waals surface area contributed by atoms with Gasteiger partial charge in [-0.1, -0.05) is 29.8 Å². The number of nitrogens with one attached hydrogen (secondary N) is 1. The third kappa shape index (κ3) is 4.48. The molecule has 1 unspecified atom stereocenters. The molecule has 1 saturated heterocycles. The maximum absolute atomic E-state index is 13.1. The second kappa shape index (κ2) is 8.92. The molecule has 31 heavy (non-hydrogen) atoms. The number of piperidine rings is 1. The lowest BCUT2D eigenvalue weighted by atomic mass is 10.0. The molecular weight excluding hydrogens is 388 g/mol. The normalized spacial score (nSPS) is 16.5. The Bertz CT molecular complexity index is 1120. The van der Waals surface area contributed by atoms with E-state index in [9.17, 15) is 9.59 Å². The van der Waals surface area contributed by atoms with E-state index in [1.54, 1.807) is 0 Å². The number of aryl methyl sites for hydroxylation is 2. The standard InChI is InChI=1S/C25H30N4O2/c1-17-11-12-20(18(2)14-17)25(31)26-15-23-27-21-9-4-5-10-22(21)29(23)16-24(30)28-13-7-6-8-19(28)3/h4-5,9-12,14,19H,6-8,13,15-16H2,1-3H3,(H,26,31). The van der Waals surface area contributed by atoms with Gasteiger partial charge in [0.05, 0.1) is 17.6 Å². The van der Waals surface area contributed by atoms with Gasteiger partial charge in [0.25, 0.3) is 5.91 Å². The lowest BCUT2D eigenvalue weighted by Crippen LogP contribution is -2.43. The highest BCUT2D eigenvalue weighted by Crippen LogP contribution is 2.20. The van der Waals surface area contributed by atoms with Crippen LogP contribution in [0.25, 0.3) is 11.0 Å². The molecule has 1 aliphatic heterocycles. The van der Waals surface area contributed by atoms with Gasteiger partial charge in [-0.15, -0.1) is 0 Å². The number of hydrogen-bond donors (Lipinski definition) is 1. The molecular formula is C25H30N4O2. The molecule has 6 heteroatoms. The van der Waals surface area contributed by atoms with Gasteiger partial charge in [0.2, 0.25) is 5.91 Å². The fourth-order valence-corrected chi connectivity index (χ4v) is 4.45. The molecule has 0 bridgehead atoms. The lowest BCUT2D eigenvalue weighted by molar-refractivity contribution is -0.135. The number of para-hydroxylation sites is 2. The first-order chi connectivity index (χ1) is 14.9. The highest BCUT2D eigenvalue weighted by molar-refractivity contribution is 5.95. The summed E-state index contributed by atoms with van der Waals surface area (Å²) in [5.74, 6) is 0.668. The molecule has 0 saturated carbocycles. The lowest BCUT2D eigenvalue weighted by Gasteiger charge is -2.33. The molecule has 162 valence electrons. The number of benzene rings is 2. The van der Waals surface area contributed by atoms with Crippen LogP contribution in [0.3, 0.4) is 0 Å². The summed E-state index contributed by atoms with van der Waals surface area (Å²) >= 11 is 0. The third-order valence-electron chi connectivity index (χ3n) is 6.18. The van der Waals surface area contributed by atoms with E-state index in [1.165, 1.54) is 6.42 Å². The molecule has 0 radical (unpaired) electrons. The number of carbonyl (C=O) groups is 2. The number of likely N-dealkylation sites (tertiary alicyclic amines) is 1. The Morgan fingerprint density at radius 1 is 1.13 bits per heavy atom. The maximum atomic E-state index is 13.1. The molecule has 1 aliphatic rings. The van der Waals surface area contributed by atoms with Crippen molar-refractivity contribution in [2.24, 2.45) is 0 Å². The van der Waals surface area contributed by atoms with Crippen LogP contribution in [0.5, 0.6) is 0 Å². The van der Waals surface area contributed by atoms with Crippen molar-refractivity contribution in [1.82, 2.24) is 19.8 Å². The molecule has 1 aromatic heterocycles. The summed E-state index contributed by atoms with van der Waals surface area (Å²) < 4.78 is 1.95. The van der Waals surface area contributed by atoms with E-state index in [0.29, 0.717) is 11.4 Å². The topological polar surface area (TPSA) is 67.2 Å². The first kappa shape index (κ1) is 21.1. The summed E-state index contributed by atoms with van der Waals surface area (Å²) in [6, 6.07) is 13.9. The van der Waals surface area contributed by atoms with Crippen molar-refractivity contribution in [3.63, 3.8) is 0 Å². The van der Waals surface area contributed by atoms with Crippen LogP contribution in [0, 0.1) is 13.8 Å². The van der Waals surface area contributed by atoms with E-state index in [0.717, 1.165) is 41.5 Å². The number of rotatable bonds is 5. The Kier molecular flexibility index (Phi) is 6.07. The number of imidazole rings is 1. The molecule has 1 atom stereocenters. The predicted octanol–water partition coefficient (Wildman–Crippen LogP) is 3.98. The highest BCUT2D eigenvalue weighted by Gasteiger charge is 2.24. The maximum Gasteiger partial charge on any atom is 0.251 e. The van der Waals surface area contributed by atoms with Crippen molar-refractivity contribution in [3.05, 3.63) is 65.0 Å². The minimum atomic E-state index is -0.132. The monoisotopic (exact) mass is 418 g/mol. The quantitative estimate of drug-likeness (QED) is 0.681. The van der Waals surface area contributed by atoms with E-state index in [4.69, 9.17) is 4.98 Å². The van der Waals surface area contributed by atoms with Gasteiger partial charge in [-0.3, -0.25) is 9.59 Å². The SMILES string of the molecule is Cc1ccc(C(=O)NCc2nc3ccccc3n2CC(=O)N2CCCCC2C)c(C)c1. The first-order valence-corrected chi connectivity index (χ1v) is 11.0. The van der Waals surface area contributed by atoms with Gasteiger partial charge in [-0.2, -0.15) is 0 Å². The summed E-state index contributed by atoms with van der Waals surface area (Å²) in [7, 11) is 0. The van der Waals surface area contributed by atoms with Gasteiger partial charge < -0.3 is 14.8 Å². The van der Waals surface area contributed by atoms with Crippen LogP contribution >= 0.6 is 0 Å². The number of nitrogens with zero attached hydrogens (tertiary/aromatic N) is 3. The van der Waals surface area contributed by atoms with E-state index in [1.807, 2.05) is 65.8 Å². The van der Waals surface area contributed by atoms with Gasteiger partial charge in [0, 0.05) is 18.2 Å². The van der Waals surface area contributed by atoms with Crippen molar-refractivity contribution in [2.75, 3.05) is 6.54 Å². The van der Waals surface area contributed by atoms with Gasteiger partial charge in [0.1, 0.15) is 12.4 Å². The average molecular weight is 419 g/mol. The minimum absolute atomic E-state index is 0.109. The molecule has 2 heterocycles. The molecule has 4 rings (SSSR count). The summed E-state index contributed by atoms with van der Waals surface area (Å²) in [6.45, 7) is 7.38.